The van der Waals surface area contributed by atoms with Gasteiger partial charge in [-0.25, -0.2) is 8.42 Å². The van der Waals surface area contributed by atoms with E-state index in [2.05, 4.69) is 19.8 Å². The highest BCUT2D eigenvalue weighted by atomic mass is 32.2. The summed E-state index contributed by atoms with van der Waals surface area (Å²) in [5.74, 6) is 0. The Balaban J connectivity index is 1.93. The van der Waals surface area contributed by atoms with Crippen LogP contribution in [0.5, 0.6) is 0 Å². The first-order valence-electron chi connectivity index (χ1n) is 6.95. The SMILES string of the molecule is Cc1[nH]ncc1S(=O)(=O)Nc1ccccc1N1CCCC1. The third-order valence-electron chi connectivity index (χ3n) is 3.67. The Hall–Kier alpha value is -2.02. The van der Waals surface area contributed by atoms with Crippen LogP contribution >= 0.6 is 0 Å². The van der Waals surface area contributed by atoms with Crippen LogP contribution < -0.4 is 9.62 Å². The summed E-state index contributed by atoms with van der Waals surface area (Å²) < 4.78 is 27.6. The normalized spacial score (nSPS) is 15.4. The number of aryl methyl sites for hydroxylation is 1. The lowest BCUT2D eigenvalue weighted by Gasteiger charge is -2.21. The number of H-pyrrole nitrogens is 1. The molecule has 2 aromatic rings. The van der Waals surface area contributed by atoms with Crippen LogP contribution in [0.3, 0.4) is 0 Å². The van der Waals surface area contributed by atoms with E-state index in [1.165, 1.54) is 6.20 Å². The Morgan fingerprint density at radius 2 is 1.95 bits per heavy atom. The maximum absolute atomic E-state index is 12.5. The van der Waals surface area contributed by atoms with E-state index in [0.717, 1.165) is 31.6 Å². The second-order valence-corrected chi connectivity index (χ2v) is 6.83. The summed E-state index contributed by atoms with van der Waals surface area (Å²) in [5, 5.41) is 6.43. The summed E-state index contributed by atoms with van der Waals surface area (Å²) in [6, 6.07) is 7.50. The topological polar surface area (TPSA) is 78.1 Å². The maximum Gasteiger partial charge on any atom is 0.265 e. The Labute approximate surface area is 124 Å². The molecule has 0 bridgehead atoms. The number of para-hydroxylation sites is 2. The van der Waals surface area contributed by atoms with Crippen molar-refractivity contribution in [2.75, 3.05) is 22.7 Å². The van der Waals surface area contributed by atoms with E-state index < -0.39 is 10.0 Å². The first kappa shape index (κ1) is 13.9. The molecular formula is C14H18N4O2S. The van der Waals surface area contributed by atoms with Crippen LogP contribution in [0.4, 0.5) is 11.4 Å². The monoisotopic (exact) mass is 306 g/mol. The number of nitrogens with zero attached hydrogens (tertiary/aromatic N) is 2. The third kappa shape index (κ3) is 2.73. The summed E-state index contributed by atoms with van der Waals surface area (Å²) in [4.78, 5) is 2.39. The number of rotatable bonds is 4. The minimum atomic E-state index is -3.62. The highest BCUT2D eigenvalue weighted by Gasteiger charge is 2.22. The average molecular weight is 306 g/mol. The molecule has 0 amide bonds. The quantitative estimate of drug-likeness (QED) is 0.907. The minimum Gasteiger partial charge on any atom is -0.370 e. The molecule has 112 valence electrons. The number of benzene rings is 1. The Morgan fingerprint density at radius 1 is 1.24 bits per heavy atom. The average Bonchev–Trinajstić information content (AvgIpc) is 3.10. The van der Waals surface area contributed by atoms with E-state index >= 15 is 0 Å². The Morgan fingerprint density at radius 3 is 2.62 bits per heavy atom. The lowest BCUT2D eigenvalue weighted by molar-refractivity contribution is 0.600. The summed E-state index contributed by atoms with van der Waals surface area (Å²) in [7, 11) is -3.62. The standard InChI is InChI=1S/C14H18N4O2S/c1-11-14(10-15-16-11)21(19,20)17-12-6-2-3-7-13(12)18-8-4-5-9-18/h2-3,6-7,10,17H,4-5,8-9H2,1H3,(H,15,16). The van der Waals surface area contributed by atoms with Crippen LogP contribution in [0.25, 0.3) is 0 Å². The fourth-order valence-electron chi connectivity index (χ4n) is 2.60. The number of sulfonamides is 1. The molecule has 0 spiro atoms. The van der Waals surface area contributed by atoms with Gasteiger partial charge >= 0.3 is 0 Å². The van der Waals surface area contributed by atoms with Crippen LogP contribution in [-0.4, -0.2) is 31.7 Å². The predicted molar refractivity (Wildman–Crippen MR) is 82.0 cm³/mol. The zero-order chi connectivity index (χ0) is 14.9. The van der Waals surface area contributed by atoms with Crippen molar-refractivity contribution in [2.24, 2.45) is 0 Å². The first-order chi connectivity index (χ1) is 10.1. The van der Waals surface area contributed by atoms with E-state index in [9.17, 15) is 8.42 Å². The zero-order valence-electron chi connectivity index (χ0n) is 11.8. The van der Waals surface area contributed by atoms with Crippen LogP contribution in [0.15, 0.2) is 35.4 Å². The second kappa shape index (κ2) is 5.40. The molecule has 1 fully saturated rings. The van der Waals surface area contributed by atoms with Crippen molar-refractivity contribution in [2.45, 2.75) is 24.7 Å². The number of aromatic nitrogens is 2. The zero-order valence-corrected chi connectivity index (χ0v) is 12.7. The van der Waals surface area contributed by atoms with Crippen molar-refractivity contribution < 1.29 is 8.42 Å². The molecule has 3 rings (SSSR count). The molecule has 1 aliphatic rings. The van der Waals surface area contributed by atoms with E-state index in [1.54, 1.807) is 13.0 Å². The van der Waals surface area contributed by atoms with Gasteiger partial charge in [0.15, 0.2) is 0 Å². The fourth-order valence-corrected chi connectivity index (χ4v) is 3.82. The van der Waals surface area contributed by atoms with Gasteiger partial charge in [-0.2, -0.15) is 5.10 Å². The molecule has 1 aliphatic heterocycles. The van der Waals surface area contributed by atoms with Crippen molar-refractivity contribution in [3.63, 3.8) is 0 Å². The number of nitrogens with one attached hydrogen (secondary N) is 2. The van der Waals surface area contributed by atoms with Gasteiger partial charge in [0, 0.05) is 13.1 Å². The van der Waals surface area contributed by atoms with Gasteiger partial charge in [0.1, 0.15) is 4.90 Å². The number of hydrogen-bond donors (Lipinski definition) is 2. The summed E-state index contributed by atoms with van der Waals surface area (Å²) in [6.07, 6.45) is 3.61. The number of aromatic amines is 1. The first-order valence-corrected chi connectivity index (χ1v) is 8.43. The minimum absolute atomic E-state index is 0.179. The third-order valence-corrected chi connectivity index (χ3v) is 5.15. The van der Waals surface area contributed by atoms with Gasteiger partial charge in [-0.1, -0.05) is 12.1 Å². The van der Waals surface area contributed by atoms with Gasteiger partial charge in [0.2, 0.25) is 0 Å². The molecule has 1 aromatic carbocycles. The van der Waals surface area contributed by atoms with E-state index in [0.29, 0.717) is 11.4 Å². The molecule has 2 N–H and O–H groups in total. The lowest BCUT2D eigenvalue weighted by Crippen LogP contribution is -2.21. The van der Waals surface area contributed by atoms with Crippen molar-refractivity contribution in [1.29, 1.82) is 0 Å². The largest absolute Gasteiger partial charge is 0.370 e. The Bertz CT molecular complexity index is 733. The van der Waals surface area contributed by atoms with Crippen LogP contribution in [0.1, 0.15) is 18.5 Å². The molecule has 6 nitrogen and oxygen atoms in total. The molecule has 1 saturated heterocycles. The van der Waals surface area contributed by atoms with E-state index in [1.807, 2.05) is 18.2 Å². The number of anilines is 2. The molecule has 0 saturated carbocycles. The molecule has 21 heavy (non-hydrogen) atoms. The molecular weight excluding hydrogens is 288 g/mol. The fraction of sp³-hybridized carbons (Fsp3) is 0.357. The lowest BCUT2D eigenvalue weighted by atomic mass is 10.2. The van der Waals surface area contributed by atoms with Gasteiger partial charge < -0.3 is 4.90 Å². The van der Waals surface area contributed by atoms with Gasteiger partial charge in [0.05, 0.1) is 23.3 Å². The molecule has 0 atom stereocenters. The maximum atomic E-state index is 12.5. The second-order valence-electron chi connectivity index (χ2n) is 5.18. The Kier molecular flexibility index (Phi) is 3.59. The van der Waals surface area contributed by atoms with Crippen molar-refractivity contribution in [3.8, 4) is 0 Å². The van der Waals surface area contributed by atoms with Crippen molar-refractivity contribution in [3.05, 3.63) is 36.2 Å². The highest BCUT2D eigenvalue weighted by Crippen LogP contribution is 2.30. The molecule has 7 heteroatoms. The molecule has 0 unspecified atom stereocenters. The smallest absolute Gasteiger partial charge is 0.265 e. The van der Waals surface area contributed by atoms with E-state index in [-0.39, 0.29) is 4.90 Å². The van der Waals surface area contributed by atoms with Crippen LogP contribution in [0.2, 0.25) is 0 Å². The summed E-state index contributed by atoms with van der Waals surface area (Å²) in [6.45, 7) is 3.61. The van der Waals surface area contributed by atoms with Gasteiger partial charge in [-0.15, -0.1) is 0 Å². The molecule has 0 aliphatic carbocycles. The molecule has 0 radical (unpaired) electrons. The van der Waals surface area contributed by atoms with Gasteiger partial charge in [0.25, 0.3) is 10.0 Å². The van der Waals surface area contributed by atoms with Crippen LogP contribution in [0, 0.1) is 6.92 Å². The molecule has 2 heterocycles. The van der Waals surface area contributed by atoms with E-state index in [4.69, 9.17) is 0 Å². The molecule has 1 aromatic heterocycles. The van der Waals surface area contributed by atoms with Gasteiger partial charge in [-0.05, 0) is 31.9 Å². The highest BCUT2D eigenvalue weighted by molar-refractivity contribution is 7.92. The van der Waals surface area contributed by atoms with Crippen molar-refractivity contribution >= 4 is 21.4 Å². The van der Waals surface area contributed by atoms with Crippen molar-refractivity contribution in [1.82, 2.24) is 10.2 Å². The predicted octanol–water partition coefficient (Wildman–Crippen LogP) is 2.12. The van der Waals surface area contributed by atoms with Gasteiger partial charge in [-0.3, -0.25) is 9.82 Å². The summed E-state index contributed by atoms with van der Waals surface area (Å²) in [5.41, 5.74) is 2.07. The van der Waals surface area contributed by atoms with Crippen LogP contribution in [-0.2, 0) is 10.0 Å². The summed E-state index contributed by atoms with van der Waals surface area (Å²) >= 11 is 0. The number of hydrogen-bond acceptors (Lipinski definition) is 4.